The molecule has 0 spiro atoms. The second-order valence-corrected chi connectivity index (χ2v) is 33.2. The molecule has 4 aliphatic rings. The van der Waals surface area contributed by atoms with Gasteiger partial charge in [-0.25, -0.2) is 0 Å². The number of oxime groups is 1. The van der Waals surface area contributed by atoms with Gasteiger partial charge in [0.2, 0.25) is 17.6 Å². The third-order valence-corrected chi connectivity index (χ3v) is 23.5. The van der Waals surface area contributed by atoms with Gasteiger partial charge in [0.1, 0.15) is 57.4 Å². The van der Waals surface area contributed by atoms with Crippen LogP contribution in [0.25, 0.3) is 38.0 Å². The Kier molecular flexibility index (Phi) is 30.7. The summed E-state index contributed by atoms with van der Waals surface area (Å²) in [5.74, 6) is -1.35. The van der Waals surface area contributed by atoms with Gasteiger partial charge in [-0.1, -0.05) is 203 Å². The van der Waals surface area contributed by atoms with Gasteiger partial charge in [0, 0.05) is 90.2 Å². The third kappa shape index (κ3) is 24.0. The Morgan fingerprint density at radius 2 is 1.05 bits per heavy atom. The third-order valence-electron chi connectivity index (χ3n) is 22.6. The zero-order valence-electron chi connectivity index (χ0n) is 69.9. The van der Waals surface area contributed by atoms with Crippen molar-refractivity contribution in [3.8, 4) is 23.0 Å². The first-order valence-corrected chi connectivity index (χ1v) is 42.5. The van der Waals surface area contributed by atoms with Crippen LogP contribution < -0.4 is 40.2 Å². The predicted octanol–water partition coefficient (Wildman–Crippen LogP) is 22.1. The molecule has 6 atom stereocenters. The second kappa shape index (κ2) is 41.8. The van der Waals surface area contributed by atoms with Crippen LogP contribution in [-0.4, -0.2) is 127 Å². The highest BCUT2D eigenvalue weighted by molar-refractivity contribution is 6.35. The van der Waals surface area contributed by atoms with E-state index < -0.39 is 110 Å². The van der Waals surface area contributed by atoms with Gasteiger partial charge in [-0.3, -0.25) is 29.0 Å². The Morgan fingerprint density at radius 3 is 1.55 bits per heavy atom. The summed E-state index contributed by atoms with van der Waals surface area (Å²) in [5.41, 5.74) is 1.09. The lowest BCUT2D eigenvalue weighted by molar-refractivity contribution is -0.984. The highest BCUT2D eigenvalue weighted by atomic mass is 35.5. The van der Waals surface area contributed by atoms with Crippen molar-refractivity contribution in [2.24, 2.45) is 17.0 Å². The van der Waals surface area contributed by atoms with Gasteiger partial charge in [0.25, 0.3) is 17.4 Å². The molecule has 4 amide bonds. The van der Waals surface area contributed by atoms with Gasteiger partial charge < -0.3 is 54.6 Å². The SMILES string of the molecule is C=CC1C[N+]2(Cc3cc(OCc4ccccc4)c(OCc4ccccc4)c(OCc4ccccc4)c3)CCC1C[C@H]2[C@H](O)c1ccnc2ccc(OC)cc12.O=C(CNC(=O)c1ccc(C(=O)C=C(c2cc(Cl)cc(Cl)c2)C(F)(F)F)c2ccccc12)NCC(F)(F)F.O=C(CNC(=O)c1ccc(C2=NOC(c3cc(Cl)cc(Cl)c3)(C(F)(F)F)C2)c2ccccc12)NCC(F)(F)F. The van der Waals surface area contributed by atoms with Crippen molar-refractivity contribution in [1.29, 1.82) is 0 Å². The summed E-state index contributed by atoms with van der Waals surface area (Å²) in [4.78, 5) is 71.3. The Balaban J connectivity index is 0.000000173. The molecule has 5 N–H and O–H groups in total. The number of piperidine rings is 3. The number of ketones is 1. The summed E-state index contributed by atoms with van der Waals surface area (Å²) in [7, 11) is 1.67. The Bertz CT molecular complexity index is 6210. The molecule has 18 nitrogen and oxygen atoms in total. The fraction of sp³-hybridized carbons (Fsp3) is 0.235. The summed E-state index contributed by atoms with van der Waals surface area (Å²) in [6.07, 6.45) is -14.2. The van der Waals surface area contributed by atoms with Gasteiger partial charge in [0.05, 0.1) is 50.1 Å². The first kappa shape index (κ1) is 96.8. The standard InChI is InChI=1S/C48H49N2O5.C25H17Cl2F6N3O3.C25H16Cl2F6N2O3/c1-3-38-30-50(24-22-39(38)27-44(50)47(51)41-21-23-49-43-20-19-40(52-2)28-42(41)43)29-37-25-45(53-31-34-13-7-4-8-14-34)48(55-33-36-17-11-6-12-18-36)46(26-37)54-32-35-15-9-5-10-16-35;26-14-7-13(8-15(27)9-14)23(25(31,32)33)10-20(36-39-23)18-5-6-19(17-4-2-1-3-16(17)18)22(38)34-11-21(37)35-12-24(28,29)30;26-14-7-13(8-15(27)9-14)20(25(31,32)33)10-21(36)18-5-6-19(17-4-2-1-3-16(17)18)23(38)34-11-22(37)35-12-24(28,29)30/h3-21,23,25-26,28,38-39,44,47,51H,1,22,24,27,29-33H2,2H3;1-9H,10-12H2,(H,34,38)(H,35,37);1-10H,11-12H2,(H,34,38)(H,35,37)/q+1;;/t38?,39?,44-,47+,50?;;/m0../s1. The smallest absolute Gasteiger partial charge is 0.435 e. The van der Waals surface area contributed by atoms with Gasteiger partial charge in [0.15, 0.2) is 17.3 Å². The number of pyridine rings is 1. The van der Waals surface area contributed by atoms with E-state index in [0.717, 1.165) is 111 Å². The number of carbonyl (C=O) groups is 5. The molecule has 132 heavy (non-hydrogen) atoms. The molecule has 5 heterocycles. The molecule has 4 aliphatic heterocycles. The van der Waals surface area contributed by atoms with E-state index in [0.29, 0.717) is 72.3 Å². The quantitative estimate of drug-likeness (QED) is 0.0102. The average Bonchev–Trinajstić information content (AvgIpc) is 0.972. The molecule has 2 bridgehead atoms. The van der Waals surface area contributed by atoms with Crippen LogP contribution in [0.2, 0.25) is 20.1 Å². The number of rotatable bonds is 28. The monoisotopic (exact) mass is 1900 g/mol. The maximum Gasteiger partial charge on any atom is 0.435 e. The van der Waals surface area contributed by atoms with E-state index in [-0.39, 0.29) is 70.4 Å². The molecule has 0 radical (unpaired) electrons. The minimum atomic E-state index is -4.94. The number of benzene rings is 11. The van der Waals surface area contributed by atoms with Crippen LogP contribution in [-0.2, 0) is 46.4 Å². The van der Waals surface area contributed by atoms with Gasteiger partial charge in [-0.2, -0.15) is 52.7 Å². The molecule has 686 valence electrons. The van der Waals surface area contributed by atoms with E-state index >= 15 is 0 Å². The van der Waals surface area contributed by atoms with Crippen LogP contribution in [0.5, 0.6) is 23.0 Å². The zero-order valence-corrected chi connectivity index (χ0v) is 72.9. The summed E-state index contributed by atoms with van der Waals surface area (Å²) < 4.78 is 184. The number of nitrogens with one attached hydrogen (secondary N) is 4. The van der Waals surface area contributed by atoms with Crippen molar-refractivity contribution in [3.05, 3.63) is 343 Å². The van der Waals surface area contributed by atoms with E-state index in [9.17, 15) is 81.8 Å². The lowest BCUT2D eigenvalue weighted by atomic mass is 9.71. The number of hydrogen-bond donors (Lipinski definition) is 5. The molecular formula is C98H82Cl4F12N7O11+. The molecule has 0 aliphatic carbocycles. The highest BCUT2D eigenvalue weighted by Crippen LogP contribution is 2.53. The molecule has 1 aromatic heterocycles. The molecule has 16 rings (SSSR count). The average molecular weight is 1900 g/mol. The number of halogens is 16. The van der Waals surface area contributed by atoms with Crippen molar-refractivity contribution >= 4 is 120 Å². The van der Waals surface area contributed by atoms with Crippen molar-refractivity contribution in [2.45, 2.75) is 88.1 Å². The molecule has 12 aromatic rings. The number of amides is 4. The number of nitrogens with zero attached hydrogens (tertiary/aromatic N) is 3. The summed E-state index contributed by atoms with van der Waals surface area (Å²) in [5, 5.41) is 25.6. The first-order valence-electron chi connectivity index (χ1n) is 41.0. The molecule has 0 saturated carbocycles. The number of quaternary nitrogens is 1. The van der Waals surface area contributed by atoms with Crippen molar-refractivity contribution in [1.82, 2.24) is 26.3 Å². The number of carbonyl (C=O) groups excluding carboxylic acids is 5. The largest absolute Gasteiger partial charge is 0.497 e. The molecule has 34 heteroatoms. The number of methoxy groups -OCH3 is 1. The number of aliphatic hydroxyl groups excluding tert-OH is 1. The lowest BCUT2D eigenvalue weighted by Gasteiger charge is -2.58. The maximum absolute atomic E-state index is 14.4. The normalized spacial score (nSPS) is 17.4. The number of fused-ring (bicyclic) bond motifs is 6. The Labute approximate surface area is 768 Å². The fourth-order valence-corrected chi connectivity index (χ4v) is 17.4. The number of aliphatic hydroxyl groups is 1. The van der Waals surface area contributed by atoms with Gasteiger partial charge >= 0.3 is 24.7 Å². The van der Waals surface area contributed by atoms with E-state index in [2.05, 4.69) is 82.0 Å². The number of ether oxygens (including phenoxy) is 4. The molecule has 11 aromatic carbocycles. The number of aromatic nitrogens is 1. The van der Waals surface area contributed by atoms with Crippen LogP contribution in [0.3, 0.4) is 0 Å². The molecule has 3 saturated heterocycles. The molecular weight excluding hydrogens is 1820 g/mol. The van der Waals surface area contributed by atoms with Crippen LogP contribution in [0.15, 0.2) is 267 Å². The van der Waals surface area contributed by atoms with E-state index in [1.54, 1.807) is 35.9 Å². The first-order chi connectivity index (χ1) is 62.9. The number of allylic oxidation sites excluding steroid dienone is 2. The summed E-state index contributed by atoms with van der Waals surface area (Å²) >= 11 is 23.5. The topological polar surface area (TPSA) is 225 Å². The number of alkyl halides is 12. The second-order valence-electron chi connectivity index (χ2n) is 31.4. The van der Waals surface area contributed by atoms with Crippen LogP contribution in [0, 0.1) is 11.8 Å². The van der Waals surface area contributed by atoms with Crippen molar-refractivity contribution in [2.75, 3.05) is 46.4 Å². The highest BCUT2D eigenvalue weighted by Gasteiger charge is 2.63. The number of hydrogen-bond acceptors (Lipinski definition) is 13. The zero-order chi connectivity index (χ0) is 94.5. The van der Waals surface area contributed by atoms with Crippen molar-refractivity contribution in [3.63, 3.8) is 0 Å². The summed E-state index contributed by atoms with van der Waals surface area (Å²) in [6.45, 7) is 3.33. The Hall–Kier alpha value is -12.7. The molecule has 3 fully saturated rings. The molecule has 4 unspecified atom stereocenters. The van der Waals surface area contributed by atoms with Gasteiger partial charge in [-0.05, 0) is 152 Å². The minimum absolute atomic E-state index is 0.0222. The van der Waals surface area contributed by atoms with Crippen LogP contribution in [0.1, 0.15) is 101 Å². The minimum Gasteiger partial charge on any atom is -0.497 e. The Morgan fingerprint density at radius 1 is 0.561 bits per heavy atom. The van der Waals surface area contributed by atoms with Crippen molar-refractivity contribution < 1.29 is 110 Å². The van der Waals surface area contributed by atoms with Crippen LogP contribution >= 0.6 is 46.4 Å². The van der Waals surface area contributed by atoms with E-state index in [1.165, 1.54) is 54.6 Å². The van der Waals surface area contributed by atoms with E-state index in [1.807, 2.05) is 85.1 Å². The lowest BCUT2D eigenvalue weighted by Crippen LogP contribution is -2.67. The fourth-order valence-electron chi connectivity index (χ4n) is 16.3. The maximum atomic E-state index is 14.4. The van der Waals surface area contributed by atoms with Gasteiger partial charge in [-0.15, -0.1) is 6.58 Å². The van der Waals surface area contributed by atoms with Crippen LogP contribution in [0.4, 0.5) is 52.7 Å². The van der Waals surface area contributed by atoms with E-state index in [4.69, 9.17) is 70.2 Å². The predicted molar refractivity (Wildman–Crippen MR) is 478 cm³/mol. The summed E-state index contributed by atoms with van der Waals surface area (Å²) in [6, 6.07) is 66.4.